The summed E-state index contributed by atoms with van der Waals surface area (Å²) in [5, 5.41) is 3.15. The second kappa shape index (κ2) is 8.75. The number of carbonyl (C=O) groups is 1. The van der Waals surface area contributed by atoms with Crippen LogP contribution >= 0.6 is 0 Å². The SMILES string of the molecule is COc1cc(OC)cc(C(=O)N[C@@H](c2ccc(C(C)C)cc2)C(C)C)c1. The molecule has 0 aromatic heterocycles. The van der Waals surface area contributed by atoms with Crippen LogP contribution in [0.1, 0.15) is 61.1 Å². The summed E-state index contributed by atoms with van der Waals surface area (Å²) in [4.78, 5) is 12.8. The molecule has 0 aliphatic carbocycles. The number of hydrogen-bond acceptors (Lipinski definition) is 3. The van der Waals surface area contributed by atoms with E-state index >= 15 is 0 Å². The molecule has 0 radical (unpaired) electrons. The molecule has 0 aliphatic heterocycles. The summed E-state index contributed by atoms with van der Waals surface area (Å²) in [6.07, 6.45) is 0. The lowest BCUT2D eigenvalue weighted by Gasteiger charge is -2.24. The second-order valence-corrected chi connectivity index (χ2v) is 7.12. The van der Waals surface area contributed by atoms with Crippen LogP contribution in [0.2, 0.25) is 0 Å². The third-order valence-corrected chi connectivity index (χ3v) is 4.53. The van der Waals surface area contributed by atoms with Crippen molar-refractivity contribution in [3.05, 3.63) is 59.2 Å². The highest BCUT2D eigenvalue weighted by atomic mass is 16.5. The predicted octanol–water partition coefficient (Wildman–Crippen LogP) is 4.95. The topological polar surface area (TPSA) is 47.6 Å². The maximum atomic E-state index is 12.8. The summed E-state index contributed by atoms with van der Waals surface area (Å²) in [5.74, 6) is 1.79. The summed E-state index contributed by atoms with van der Waals surface area (Å²) in [6, 6.07) is 13.6. The summed E-state index contributed by atoms with van der Waals surface area (Å²) >= 11 is 0. The molecule has 0 spiro atoms. The Morgan fingerprint density at radius 3 is 1.77 bits per heavy atom. The number of rotatable bonds is 7. The molecule has 0 aliphatic rings. The third-order valence-electron chi connectivity index (χ3n) is 4.53. The van der Waals surface area contributed by atoms with Crippen LogP contribution in [0.4, 0.5) is 0 Å². The van der Waals surface area contributed by atoms with E-state index in [1.54, 1.807) is 32.4 Å². The Morgan fingerprint density at radius 1 is 0.846 bits per heavy atom. The van der Waals surface area contributed by atoms with Gasteiger partial charge in [-0.15, -0.1) is 0 Å². The fourth-order valence-corrected chi connectivity index (χ4v) is 2.89. The van der Waals surface area contributed by atoms with Crippen LogP contribution < -0.4 is 14.8 Å². The molecule has 0 unspecified atom stereocenters. The molecule has 2 aromatic carbocycles. The quantitative estimate of drug-likeness (QED) is 0.764. The highest BCUT2D eigenvalue weighted by Crippen LogP contribution is 2.26. The number of ether oxygens (including phenoxy) is 2. The Bertz CT molecular complexity index is 713. The van der Waals surface area contributed by atoms with Gasteiger partial charge in [-0.3, -0.25) is 4.79 Å². The maximum Gasteiger partial charge on any atom is 0.252 e. The fourth-order valence-electron chi connectivity index (χ4n) is 2.89. The molecular weight excluding hydrogens is 326 g/mol. The van der Waals surface area contributed by atoms with Gasteiger partial charge in [-0.25, -0.2) is 0 Å². The molecule has 0 heterocycles. The van der Waals surface area contributed by atoms with Crippen LogP contribution in [0, 0.1) is 5.92 Å². The smallest absolute Gasteiger partial charge is 0.252 e. The Kier molecular flexibility index (Phi) is 6.67. The van der Waals surface area contributed by atoms with E-state index < -0.39 is 0 Å². The minimum Gasteiger partial charge on any atom is -0.497 e. The van der Waals surface area contributed by atoms with Crippen LogP contribution in [0.5, 0.6) is 11.5 Å². The first-order chi connectivity index (χ1) is 12.3. The number of amides is 1. The van der Waals surface area contributed by atoms with Gasteiger partial charge in [0.25, 0.3) is 5.91 Å². The maximum absolute atomic E-state index is 12.8. The Hall–Kier alpha value is -2.49. The van der Waals surface area contributed by atoms with Crippen molar-refractivity contribution >= 4 is 5.91 Å². The third kappa shape index (κ3) is 4.78. The molecule has 4 nitrogen and oxygen atoms in total. The van der Waals surface area contributed by atoms with Crippen LogP contribution in [-0.4, -0.2) is 20.1 Å². The predicted molar refractivity (Wildman–Crippen MR) is 105 cm³/mol. The van der Waals surface area contributed by atoms with E-state index in [0.717, 1.165) is 5.56 Å². The molecule has 0 saturated carbocycles. The van der Waals surface area contributed by atoms with Gasteiger partial charge in [0.15, 0.2) is 0 Å². The summed E-state index contributed by atoms with van der Waals surface area (Å²) < 4.78 is 10.5. The number of benzene rings is 2. The Labute approximate surface area is 156 Å². The highest BCUT2D eigenvalue weighted by Gasteiger charge is 2.20. The van der Waals surface area contributed by atoms with Crippen molar-refractivity contribution < 1.29 is 14.3 Å². The molecule has 1 atom stereocenters. The molecule has 26 heavy (non-hydrogen) atoms. The van der Waals surface area contributed by atoms with Crippen molar-refractivity contribution in [2.45, 2.75) is 39.7 Å². The number of methoxy groups -OCH3 is 2. The summed E-state index contributed by atoms with van der Waals surface area (Å²) in [7, 11) is 3.15. The summed E-state index contributed by atoms with van der Waals surface area (Å²) in [5.41, 5.74) is 2.92. The van der Waals surface area contributed by atoms with Crippen LogP contribution in [0.15, 0.2) is 42.5 Å². The standard InChI is InChI=1S/C22H29NO3/c1-14(2)16-7-9-17(10-8-16)21(15(3)4)23-22(24)18-11-19(25-5)13-20(12-18)26-6/h7-15,21H,1-6H3,(H,23,24)/t21-/m1/s1. The monoisotopic (exact) mass is 355 g/mol. The van der Waals surface area contributed by atoms with E-state index in [1.165, 1.54) is 5.56 Å². The Balaban J connectivity index is 2.25. The number of hydrogen-bond donors (Lipinski definition) is 1. The number of nitrogens with one attached hydrogen (secondary N) is 1. The van der Waals surface area contributed by atoms with Crippen molar-refractivity contribution in [3.8, 4) is 11.5 Å². The normalized spacial score (nSPS) is 12.2. The molecule has 0 saturated heterocycles. The average molecular weight is 355 g/mol. The molecule has 2 aromatic rings. The molecule has 1 amide bonds. The minimum absolute atomic E-state index is 0.0686. The average Bonchev–Trinajstić information content (AvgIpc) is 2.65. The largest absolute Gasteiger partial charge is 0.497 e. The first-order valence-electron chi connectivity index (χ1n) is 8.99. The molecule has 2 rings (SSSR count). The first kappa shape index (κ1) is 19.8. The number of carbonyl (C=O) groups excluding carboxylic acids is 1. The lowest BCUT2D eigenvalue weighted by atomic mass is 9.93. The van der Waals surface area contributed by atoms with Crippen molar-refractivity contribution in [1.29, 1.82) is 0 Å². The second-order valence-electron chi connectivity index (χ2n) is 7.12. The van der Waals surface area contributed by atoms with Crippen molar-refractivity contribution in [2.24, 2.45) is 5.92 Å². The highest BCUT2D eigenvalue weighted by molar-refractivity contribution is 5.95. The van der Waals surface area contributed by atoms with E-state index in [4.69, 9.17) is 9.47 Å². The van der Waals surface area contributed by atoms with Gasteiger partial charge in [-0.2, -0.15) is 0 Å². The summed E-state index contributed by atoms with van der Waals surface area (Å²) in [6.45, 7) is 8.56. The van der Waals surface area contributed by atoms with Crippen LogP contribution in [-0.2, 0) is 0 Å². The fraction of sp³-hybridized carbons (Fsp3) is 0.409. The van der Waals surface area contributed by atoms with E-state index in [1.807, 2.05) is 0 Å². The van der Waals surface area contributed by atoms with Gasteiger partial charge in [0, 0.05) is 11.6 Å². The Morgan fingerprint density at radius 2 is 1.35 bits per heavy atom. The first-order valence-corrected chi connectivity index (χ1v) is 8.99. The molecule has 1 N–H and O–H groups in total. The lowest BCUT2D eigenvalue weighted by molar-refractivity contribution is 0.0925. The van der Waals surface area contributed by atoms with E-state index in [9.17, 15) is 4.79 Å². The van der Waals surface area contributed by atoms with E-state index in [0.29, 0.717) is 23.0 Å². The minimum atomic E-state index is -0.145. The van der Waals surface area contributed by atoms with Gasteiger partial charge >= 0.3 is 0 Å². The van der Waals surface area contributed by atoms with Crippen LogP contribution in [0.25, 0.3) is 0 Å². The molecular formula is C22H29NO3. The molecule has 0 bridgehead atoms. The van der Waals surface area contributed by atoms with Crippen molar-refractivity contribution in [2.75, 3.05) is 14.2 Å². The van der Waals surface area contributed by atoms with Gasteiger partial charge in [0.1, 0.15) is 11.5 Å². The zero-order valence-corrected chi connectivity index (χ0v) is 16.5. The van der Waals surface area contributed by atoms with Gasteiger partial charge < -0.3 is 14.8 Å². The molecule has 0 fully saturated rings. The molecule has 4 heteroatoms. The lowest BCUT2D eigenvalue weighted by Crippen LogP contribution is -2.31. The van der Waals surface area contributed by atoms with Gasteiger partial charge in [-0.1, -0.05) is 52.0 Å². The van der Waals surface area contributed by atoms with E-state index in [-0.39, 0.29) is 17.9 Å². The van der Waals surface area contributed by atoms with Gasteiger partial charge in [0.05, 0.1) is 20.3 Å². The van der Waals surface area contributed by atoms with Crippen molar-refractivity contribution in [3.63, 3.8) is 0 Å². The van der Waals surface area contributed by atoms with Crippen molar-refractivity contribution in [1.82, 2.24) is 5.32 Å². The van der Waals surface area contributed by atoms with Crippen LogP contribution in [0.3, 0.4) is 0 Å². The van der Waals surface area contributed by atoms with Gasteiger partial charge in [0.2, 0.25) is 0 Å². The zero-order valence-electron chi connectivity index (χ0n) is 16.5. The van der Waals surface area contributed by atoms with Gasteiger partial charge in [-0.05, 0) is 35.1 Å². The zero-order chi connectivity index (χ0) is 19.3. The van der Waals surface area contributed by atoms with E-state index in [2.05, 4.69) is 57.3 Å². The molecule has 140 valence electrons.